The van der Waals surface area contributed by atoms with Gasteiger partial charge in [-0.15, -0.1) is 11.3 Å². The molecule has 0 saturated carbocycles. The molecule has 4 nitrogen and oxygen atoms in total. The first kappa shape index (κ1) is 20.0. The largest absolute Gasteiger partial charge is 0.497 e. The van der Waals surface area contributed by atoms with Crippen LogP contribution in [0, 0.1) is 13.8 Å². The molecule has 0 aliphatic carbocycles. The summed E-state index contributed by atoms with van der Waals surface area (Å²) in [6, 6.07) is 15.7. The number of hydrogen-bond acceptors (Lipinski definition) is 4. The first-order chi connectivity index (χ1) is 13.5. The molecule has 1 heterocycles. The average Bonchev–Trinajstić information content (AvgIpc) is 3.18. The summed E-state index contributed by atoms with van der Waals surface area (Å²) < 4.78 is 11.2. The number of carbonyl (C=O) groups is 1. The Kier molecular flexibility index (Phi) is 6.37. The maximum Gasteiger partial charge on any atom is 0.261 e. The van der Waals surface area contributed by atoms with Crippen molar-refractivity contribution in [2.45, 2.75) is 33.4 Å². The quantitative estimate of drug-likeness (QED) is 0.579. The summed E-state index contributed by atoms with van der Waals surface area (Å²) in [5.74, 6) is 1.57. The Bertz CT molecular complexity index is 964. The van der Waals surface area contributed by atoms with E-state index in [0.29, 0.717) is 11.5 Å². The summed E-state index contributed by atoms with van der Waals surface area (Å²) in [5, 5.41) is 5.01. The summed E-state index contributed by atoms with van der Waals surface area (Å²) in [6.45, 7) is 6.48. The van der Waals surface area contributed by atoms with Crippen LogP contribution in [0.25, 0.3) is 0 Å². The van der Waals surface area contributed by atoms with Gasteiger partial charge in [0.05, 0.1) is 18.0 Å². The maximum atomic E-state index is 12.6. The van der Waals surface area contributed by atoms with Gasteiger partial charge in [0.25, 0.3) is 5.91 Å². The third kappa shape index (κ3) is 4.93. The van der Waals surface area contributed by atoms with E-state index in [-0.39, 0.29) is 11.9 Å². The highest BCUT2D eigenvalue weighted by atomic mass is 32.1. The molecule has 0 saturated heterocycles. The molecule has 0 aliphatic rings. The van der Waals surface area contributed by atoms with Gasteiger partial charge >= 0.3 is 0 Å². The highest BCUT2D eigenvalue weighted by Gasteiger charge is 2.14. The Hall–Kier alpha value is -2.79. The van der Waals surface area contributed by atoms with Crippen LogP contribution in [0.15, 0.2) is 53.9 Å². The molecule has 0 spiro atoms. The molecule has 2 aromatic carbocycles. The Morgan fingerprint density at radius 1 is 1.14 bits per heavy atom. The molecule has 0 radical (unpaired) electrons. The standard InChI is InChI=1S/C23H25NO3S/c1-15-8-9-16(2)21(10-15)27-13-18-11-22(28-14-18)23(25)24-17(3)19-6-5-7-20(12-19)26-4/h5-12,14,17H,13H2,1-4H3,(H,24,25). The zero-order valence-electron chi connectivity index (χ0n) is 16.6. The number of aryl methyl sites for hydroxylation is 2. The third-order valence-corrected chi connectivity index (χ3v) is 5.53. The van der Waals surface area contributed by atoms with E-state index in [1.165, 1.54) is 11.3 Å². The molecule has 1 atom stereocenters. The lowest BCUT2D eigenvalue weighted by Crippen LogP contribution is -2.25. The van der Waals surface area contributed by atoms with E-state index in [9.17, 15) is 4.79 Å². The van der Waals surface area contributed by atoms with Crippen molar-refractivity contribution in [2.75, 3.05) is 7.11 Å². The van der Waals surface area contributed by atoms with Crippen molar-refractivity contribution in [2.24, 2.45) is 0 Å². The van der Waals surface area contributed by atoms with Crippen LogP contribution in [0.3, 0.4) is 0 Å². The molecule has 0 aliphatic heterocycles. The van der Waals surface area contributed by atoms with Gasteiger partial charge in [0.1, 0.15) is 18.1 Å². The Morgan fingerprint density at radius 3 is 2.75 bits per heavy atom. The van der Waals surface area contributed by atoms with Crippen molar-refractivity contribution in [1.29, 1.82) is 0 Å². The zero-order valence-corrected chi connectivity index (χ0v) is 17.4. The first-order valence-electron chi connectivity index (χ1n) is 9.18. The molecule has 0 bridgehead atoms. The van der Waals surface area contributed by atoms with Crippen molar-refractivity contribution in [3.63, 3.8) is 0 Å². The van der Waals surface area contributed by atoms with Gasteiger partial charge in [0.15, 0.2) is 0 Å². The second-order valence-electron chi connectivity index (χ2n) is 6.85. The lowest BCUT2D eigenvalue weighted by Gasteiger charge is -2.14. The summed E-state index contributed by atoms with van der Waals surface area (Å²) in [7, 11) is 1.63. The molecule has 146 valence electrons. The highest BCUT2D eigenvalue weighted by Crippen LogP contribution is 2.23. The van der Waals surface area contributed by atoms with E-state index in [1.807, 2.05) is 62.5 Å². The molecular weight excluding hydrogens is 370 g/mol. The third-order valence-electron chi connectivity index (χ3n) is 4.56. The molecule has 1 aromatic heterocycles. The number of nitrogens with one attached hydrogen (secondary N) is 1. The topological polar surface area (TPSA) is 47.6 Å². The Balaban J connectivity index is 1.61. The van der Waals surface area contributed by atoms with Gasteiger partial charge in [-0.05, 0) is 67.1 Å². The van der Waals surface area contributed by atoms with Gasteiger partial charge in [-0.2, -0.15) is 0 Å². The molecule has 1 amide bonds. The lowest BCUT2D eigenvalue weighted by atomic mass is 10.1. The van der Waals surface area contributed by atoms with Gasteiger partial charge < -0.3 is 14.8 Å². The number of ether oxygens (including phenoxy) is 2. The van der Waals surface area contributed by atoms with Crippen LogP contribution < -0.4 is 14.8 Å². The molecule has 28 heavy (non-hydrogen) atoms. The smallest absolute Gasteiger partial charge is 0.261 e. The summed E-state index contributed by atoms with van der Waals surface area (Å²) >= 11 is 1.43. The molecule has 5 heteroatoms. The van der Waals surface area contributed by atoms with Crippen LogP contribution in [-0.4, -0.2) is 13.0 Å². The molecule has 3 rings (SSSR count). The first-order valence-corrected chi connectivity index (χ1v) is 10.1. The fourth-order valence-corrected chi connectivity index (χ4v) is 3.66. The molecular formula is C23H25NO3S. The average molecular weight is 396 g/mol. The second-order valence-corrected chi connectivity index (χ2v) is 7.76. The minimum Gasteiger partial charge on any atom is -0.497 e. The normalized spacial score (nSPS) is 11.7. The Labute approximate surface area is 170 Å². The SMILES string of the molecule is COc1cccc(C(C)NC(=O)c2cc(COc3cc(C)ccc3C)cs2)c1. The monoisotopic (exact) mass is 395 g/mol. The Morgan fingerprint density at radius 2 is 1.96 bits per heavy atom. The van der Waals surface area contributed by atoms with Gasteiger partial charge in [-0.25, -0.2) is 0 Å². The number of rotatable bonds is 7. The number of methoxy groups -OCH3 is 1. The molecule has 1 N–H and O–H groups in total. The molecule has 1 unspecified atom stereocenters. The number of carbonyl (C=O) groups excluding carboxylic acids is 1. The van der Waals surface area contributed by atoms with E-state index < -0.39 is 0 Å². The predicted molar refractivity (Wildman–Crippen MR) is 113 cm³/mol. The van der Waals surface area contributed by atoms with Gasteiger partial charge in [0.2, 0.25) is 0 Å². The van der Waals surface area contributed by atoms with E-state index in [2.05, 4.69) is 17.4 Å². The van der Waals surface area contributed by atoms with Crippen LogP contribution in [0.5, 0.6) is 11.5 Å². The second kappa shape index (κ2) is 8.93. The summed E-state index contributed by atoms with van der Waals surface area (Å²) in [6.07, 6.45) is 0. The predicted octanol–water partition coefficient (Wildman–Crippen LogP) is 5.44. The zero-order chi connectivity index (χ0) is 20.1. The van der Waals surface area contributed by atoms with Crippen LogP contribution in [0.2, 0.25) is 0 Å². The summed E-state index contributed by atoms with van der Waals surface area (Å²) in [4.78, 5) is 13.3. The van der Waals surface area contributed by atoms with Gasteiger partial charge in [-0.1, -0.05) is 24.3 Å². The fraction of sp³-hybridized carbons (Fsp3) is 0.261. The minimum atomic E-state index is -0.112. The van der Waals surface area contributed by atoms with Gasteiger partial charge in [0, 0.05) is 5.56 Å². The van der Waals surface area contributed by atoms with Crippen LogP contribution in [-0.2, 0) is 6.61 Å². The van der Waals surface area contributed by atoms with Crippen LogP contribution in [0.4, 0.5) is 0 Å². The van der Waals surface area contributed by atoms with E-state index >= 15 is 0 Å². The van der Waals surface area contributed by atoms with E-state index in [4.69, 9.17) is 9.47 Å². The van der Waals surface area contributed by atoms with E-state index in [0.717, 1.165) is 33.8 Å². The maximum absolute atomic E-state index is 12.6. The van der Waals surface area contributed by atoms with Crippen molar-refractivity contribution in [3.05, 3.63) is 81.0 Å². The number of hydrogen-bond donors (Lipinski definition) is 1. The summed E-state index contributed by atoms with van der Waals surface area (Å²) in [5.41, 5.74) is 4.26. The van der Waals surface area contributed by atoms with Crippen molar-refractivity contribution < 1.29 is 14.3 Å². The van der Waals surface area contributed by atoms with Crippen LogP contribution >= 0.6 is 11.3 Å². The van der Waals surface area contributed by atoms with Crippen molar-refractivity contribution >= 4 is 17.2 Å². The molecule has 3 aromatic rings. The van der Waals surface area contributed by atoms with Crippen LogP contribution in [0.1, 0.15) is 44.9 Å². The van der Waals surface area contributed by atoms with Crippen molar-refractivity contribution in [3.8, 4) is 11.5 Å². The number of amides is 1. The van der Waals surface area contributed by atoms with E-state index in [1.54, 1.807) is 7.11 Å². The number of benzene rings is 2. The number of thiophene rings is 1. The van der Waals surface area contributed by atoms with Crippen molar-refractivity contribution in [1.82, 2.24) is 5.32 Å². The van der Waals surface area contributed by atoms with Gasteiger partial charge in [-0.3, -0.25) is 4.79 Å². The fourth-order valence-electron chi connectivity index (χ4n) is 2.86. The molecule has 0 fully saturated rings. The highest BCUT2D eigenvalue weighted by molar-refractivity contribution is 7.12. The minimum absolute atomic E-state index is 0.0849. The lowest BCUT2D eigenvalue weighted by molar-refractivity contribution is 0.0944.